The summed E-state index contributed by atoms with van der Waals surface area (Å²) in [6, 6.07) is 10.1. The van der Waals surface area contributed by atoms with Crippen LogP contribution in [0, 0.1) is 0 Å². The van der Waals surface area contributed by atoms with Gasteiger partial charge in [0.05, 0.1) is 28.0 Å². The lowest BCUT2D eigenvalue weighted by Gasteiger charge is -2.26. The Morgan fingerprint density at radius 2 is 2.08 bits per heavy atom. The molecule has 1 aliphatic heterocycles. The number of amides is 1. The van der Waals surface area contributed by atoms with Crippen LogP contribution in [0.3, 0.4) is 0 Å². The molecule has 3 N–H and O–H groups in total. The second-order valence-corrected chi connectivity index (χ2v) is 10.4. The first-order valence-electron chi connectivity index (χ1n) is 12.9. The average Bonchev–Trinajstić information content (AvgIpc) is 3.68. The molecule has 4 aromatic rings. The van der Waals surface area contributed by atoms with E-state index in [1.165, 1.54) is 0 Å². The SMILES string of the molecule is CCN(CC)[C@@H](C)CNC(=O)c1cc(-c2cnn3ccc(-c4cccs4)nc23)nc(N2CC[C@@H](N)C2)c1. The van der Waals surface area contributed by atoms with Gasteiger partial charge in [-0.05, 0) is 56.1 Å². The number of nitrogens with one attached hydrogen (secondary N) is 1. The van der Waals surface area contributed by atoms with E-state index >= 15 is 0 Å². The zero-order chi connectivity index (χ0) is 25.9. The predicted molar refractivity (Wildman–Crippen MR) is 149 cm³/mol. The van der Waals surface area contributed by atoms with E-state index in [4.69, 9.17) is 15.7 Å². The molecule has 0 spiro atoms. The summed E-state index contributed by atoms with van der Waals surface area (Å²) in [6.45, 7) is 10.4. The van der Waals surface area contributed by atoms with Crippen molar-refractivity contribution < 1.29 is 4.79 Å². The smallest absolute Gasteiger partial charge is 0.251 e. The lowest BCUT2D eigenvalue weighted by Crippen LogP contribution is -2.42. The molecule has 1 amide bonds. The summed E-state index contributed by atoms with van der Waals surface area (Å²) in [7, 11) is 0. The number of hydrogen-bond donors (Lipinski definition) is 2. The third-order valence-corrected chi connectivity index (χ3v) is 7.93. The molecule has 1 fully saturated rings. The quantitative estimate of drug-likeness (QED) is 0.349. The van der Waals surface area contributed by atoms with Gasteiger partial charge in [-0.1, -0.05) is 19.9 Å². The molecule has 4 aromatic heterocycles. The molecule has 0 aliphatic carbocycles. The number of likely N-dealkylation sites (N-methyl/N-ethyl adjacent to an activating group) is 1. The number of fused-ring (bicyclic) bond motifs is 1. The van der Waals surface area contributed by atoms with Crippen molar-refractivity contribution in [3.63, 3.8) is 0 Å². The number of anilines is 1. The van der Waals surface area contributed by atoms with Crippen molar-refractivity contribution in [2.45, 2.75) is 39.3 Å². The molecule has 0 radical (unpaired) electrons. The van der Waals surface area contributed by atoms with Crippen LogP contribution in [0.1, 0.15) is 37.6 Å². The van der Waals surface area contributed by atoms with Crippen LogP contribution in [0.2, 0.25) is 0 Å². The highest BCUT2D eigenvalue weighted by atomic mass is 32.1. The number of aromatic nitrogens is 4. The molecule has 5 heterocycles. The van der Waals surface area contributed by atoms with Crippen LogP contribution in [-0.4, -0.2) is 75.2 Å². The Kier molecular flexibility index (Phi) is 7.50. The molecule has 194 valence electrons. The Labute approximate surface area is 221 Å². The van der Waals surface area contributed by atoms with Gasteiger partial charge in [0, 0.05) is 43.5 Å². The molecule has 9 nitrogen and oxygen atoms in total. The molecule has 0 unspecified atom stereocenters. The lowest BCUT2D eigenvalue weighted by molar-refractivity contribution is 0.0938. The van der Waals surface area contributed by atoms with Gasteiger partial charge in [0.15, 0.2) is 5.65 Å². The summed E-state index contributed by atoms with van der Waals surface area (Å²) in [5.74, 6) is 0.636. The van der Waals surface area contributed by atoms with Gasteiger partial charge in [0.1, 0.15) is 5.82 Å². The Morgan fingerprint density at radius 1 is 1.24 bits per heavy atom. The summed E-state index contributed by atoms with van der Waals surface area (Å²) in [5.41, 5.74) is 9.81. The average molecular weight is 519 g/mol. The largest absolute Gasteiger partial charge is 0.355 e. The van der Waals surface area contributed by atoms with Crippen molar-refractivity contribution in [1.82, 2.24) is 29.8 Å². The normalized spacial score (nSPS) is 16.6. The third-order valence-electron chi connectivity index (χ3n) is 7.04. The van der Waals surface area contributed by atoms with E-state index in [0.717, 1.165) is 48.0 Å². The van der Waals surface area contributed by atoms with Gasteiger partial charge < -0.3 is 16.0 Å². The molecule has 0 aromatic carbocycles. The van der Waals surface area contributed by atoms with Crippen LogP contribution in [0.5, 0.6) is 0 Å². The zero-order valence-electron chi connectivity index (χ0n) is 21.6. The highest BCUT2D eigenvalue weighted by Crippen LogP contribution is 2.29. The van der Waals surface area contributed by atoms with Crippen LogP contribution in [0.4, 0.5) is 5.82 Å². The minimum Gasteiger partial charge on any atom is -0.355 e. The summed E-state index contributed by atoms with van der Waals surface area (Å²) >= 11 is 1.64. The molecule has 1 saturated heterocycles. The first-order chi connectivity index (χ1) is 18.0. The number of rotatable bonds is 9. The molecule has 10 heteroatoms. The molecule has 37 heavy (non-hydrogen) atoms. The maximum absolute atomic E-state index is 13.3. The minimum atomic E-state index is -0.115. The fourth-order valence-electron chi connectivity index (χ4n) is 4.87. The van der Waals surface area contributed by atoms with Crippen LogP contribution in [-0.2, 0) is 0 Å². The van der Waals surface area contributed by atoms with Crippen molar-refractivity contribution in [1.29, 1.82) is 0 Å². The van der Waals surface area contributed by atoms with Gasteiger partial charge in [-0.25, -0.2) is 14.5 Å². The van der Waals surface area contributed by atoms with E-state index in [1.807, 2.05) is 35.8 Å². The monoisotopic (exact) mass is 518 g/mol. The maximum Gasteiger partial charge on any atom is 0.251 e. The molecular weight excluding hydrogens is 484 g/mol. The number of nitrogens with zero attached hydrogens (tertiary/aromatic N) is 6. The number of pyridine rings is 1. The second kappa shape index (κ2) is 11.0. The summed E-state index contributed by atoms with van der Waals surface area (Å²) < 4.78 is 1.75. The van der Waals surface area contributed by atoms with Crippen molar-refractivity contribution >= 4 is 28.7 Å². The first-order valence-corrected chi connectivity index (χ1v) is 13.8. The number of hydrogen-bond acceptors (Lipinski definition) is 8. The van der Waals surface area contributed by atoms with Gasteiger partial charge >= 0.3 is 0 Å². The van der Waals surface area contributed by atoms with Gasteiger partial charge in [0.25, 0.3) is 5.91 Å². The molecule has 2 atom stereocenters. The summed E-state index contributed by atoms with van der Waals surface area (Å²) in [5, 5.41) is 9.67. The van der Waals surface area contributed by atoms with Gasteiger partial charge in [-0.3, -0.25) is 9.69 Å². The topological polar surface area (TPSA) is 105 Å². The first kappa shape index (κ1) is 25.3. The minimum absolute atomic E-state index is 0.102. The highest BCUT2D eigenvalue weighted by molar-refractivity contribution is 7.13. The van der Waals surface area contributed by atoms with Crippen molar-refractivity contribution in [2.75, 3.05) is 37.6 Å². The van der Waals surface area contributed by atoms with E-state index < -0.39 is 0 Å². The van der Waals surface area contributed by atoms with Crippen molar-refractivity contribution in [3.8, 4) is 21.8 Å². The van der Waals surface area contributed by atoms with Crippen LogP contribution in [0.15, 0.2) is 48.1 Å². The van der Waals surface area contributed by atoms with Crippen LogP contribution in [0.25, 0.3) is 27.5 Å². The van der Waals surface area contributed by atoms with Crippen molar-refractivity contribution in [3.05, 3.63) is 53.7 Å². The molecule has 0 saturated carbocycles. The van der Waals surface area contributed by atoms with Gasteiger partial charge in [-0.2, -0.15) is 5.10 Å². The Balaban J connectivity index is 1.51. The van der Waals surface area contributed by atoms with E-state index in [1.54, 1.807) is 22.0 Å². The molecule has 0 bridgehead atoms. The van der Waals surface area contributed by atoms with E-state index in [0.29, 0.717) is 30.0 Å². The van der Waals surface area contributed by atoms with Gasteiger partial charge in [-0.15, -0.1) is 11.3 Å². The molecule has 5 rings (SSSR count). The number of carbonyl (C=O) groups is 1. The zero-order valence-corrected chi connectivity index (χ0v) is 22.4. The highest BCUT2D eigenvalue weighted by Gasteiger charge is 2.24. The number of thiophene rings is 1. The van der Waals surface area contributed by atoms with Crippen LogP contribution >= 0.6 is 11.3 Å². The number of nitrogens with two attached hydrogens (primary N) is 1. The standard InChI is InChI=1S/C27H34N8OS/c1-4-33(5-2)18(3)15-29-27(36)19-13-23(31-25(14-19)34-10-8-20(28)17-34)21-16-30-35-11-9-22(32-26(21)35)24-7-6-12-37-24/h6-7,9,11-14,16,18,20H,4-5,8,10,15,17,28H2,1-3H3,(H,29,36)/t18-,20+/m0/s1. The molecular formula is C27H34N8OS. The summed E-state index contributed by atoms with van der Waals surface area (Å²) in [4.78, 5) is 28.8. The Morgan fingerprint density at radius 3 is 2.78 bits per heavy atom. The second-order valence-electron chi connectivity index (χ2n) is 9.49. The Bertz CT molecular complexity index is 1360. The van der Waals surface area contributed by atoms with Gasteiger partial charge in [0.2, 0.25) is 0 Å². The maximum atomic E-state index is 13.3. The lowest BCUT2D eigenvalue weighted by atomic mass is 10.1. The fourth-order valence-corrected chi connectivity index (χ4v) is 5.57. The van der Waals surface area contributed by atoms with Crippen LogP contribution < -0.4 is 16.0 Å². The van der Waals surface area contributed by atoms with E-state index in [-0.39, 0.29) is 18.0 Å². The molecule has 1 aliphatic rings. The predicted octanol–water partition coefficient (Wildman–Crippen LogP) is 3.52. The third kappa shape index (κ3) is 5.36. The van der Waals surface area contributed by atoms with Crippen molar-refractivity contribution in [2.24, 2.45) is 5.73 Å². The Hall–Kier alpha value is -3.34. The fraction of sp³-hybridized carbons (Fsp3) is 0.407. The number of carbonyl (C=O) groups excluding carboxylic acids is 1. The van der Waals surface area contributed by atoms with E-state index in [2.05, 4.69) is 47.1 Å². The van der Waals surface area contributed by atoms with E-state index in [9.17, 15) is 4.79 Å². The summed E-state index contributed by atoms with van der Waals surface area (Å²) in [6.07, 6.45) is 4.58.